The van der Waals surface area contributed by atoms with E-state index in [2.05, 4.69) is 72.8 Å². The van der Waals surface area contributed by atoms with E-state index >= 15 is 0 Å². The second-order valence-electron chi connectivity index (χ2n) is 9.26. The summed E-state index contributed by atoms with van der Waals surface area (Å²) < 4.78 is 6.15. The molecule has 0 amide bonds. The number of benzene rings is 4. The summed E-state index contributed by atoms with van der Waals surface area (Å²) in [5.41, 5.74) is 10.6. The van der Waals surface area contributed by atoms with Crippen molar-refractivity contribution in [2.24, 2.45) is 0 Å². The standard InChI is InChI=1S/C30H24O/c1-6-16-30(17-7-1)26-10-4-2-8-22(26)25-18-20(13-15-27(25)30)21-12-14-24-23-9-3-5-11-28(23)31-29(24)19-21/h2-5,8-15,18-19H,1,6-7,16-17H2. The Labute approximate surface area is 182 Å². The summed E-state index contributed by atoms with van der Waals surface area (Å²) in [6.45, 7) is 0. The molecule has 0 N–H and O–H groups in total. The van der Waals surface area contributed by atoms with Crippen LogP contribution in [0.3, 0.4) is 0 Å². The third kappa shape index (κ3) is 2.38. The van der Waals surface area contributed by atoms with Gasteiger partial charge in [-0.25, -0.2) is 0 Å². The number of furan rings is 1. The van der Waals surface area contributed by atoms with Gasteiger partial charge in [0.15, 0.2) is 0 Å². The molecule has 2 aliphatic carbocycles. The highest BCUT2D eigenvalue weighted by atomic mass is 16.3. The first-order valence-corrected chi connectivity index (χ1v) is 11.5. The van der Waals surface area contributed by atoms with Crippen molar-refractivity contribution in [3.63, 3.8) is 0 Å². The molecule has 7 rings (SSSR count). The van der Waals surface area contributed by atoms with Crippen LogP contribution in [0.25, 0.3) is 44.2 Å². The summed E-state index contributed by atoms with van der Waals surface area (Å²) in [6, 6.07) is 31.2. The van der Waals surface area contributed by atoms with Crippen molar-refractivity contribution in [3.8, 4) is 22.3 Å². The fraction of sp³-hybridized carbons (Fsp3) is 0.200. The monoisotopic (exact) mass is 400 g/mol. The normalized spacial score (nSPS) is 16.6. The maximum Gasteiger partial charge on any atom is 0.136 e. The number of fused-ring (bicyclic) bond motifs is 8. The molecule has 31 heavy (non-hydrogen) atoms. The predicted molar refractivity (Wildman–Crippen MR) is 128 cm³/mol. The van der Waals surface area contributed by atoms with E-state index in [0.29, 0.717) is 0 Å². The molecule has 2 aliphatic rings. The highest BCUT2D eigenvalue weighted by Crippen LogP contribution is 2.56. The number of rotatable bonds is 1. The van der Waals surface area contributed by atoms with Crippen molar-refractivity contribution in [1.29, 1.82) is 0 Å². The zero-order valence-corrected chi connectivity index (χ0v) is 17.5. The first-order valence-electron chi connectivity index (χ1n) is 11.5. The van der Waals surface area contributed by atoms with Crippen LogP contribution in [0.4, 0.5) is 0 Å². The van der Waals surface area contributed by atoms with E-state index in [-0.39, 0.29) is 5.41 Å². The highest BCUT2D eigenvalue weighted by Gasteiger charge is 2.43. The third-order valence-corrected chi connectivity index (χ3v) is 7.69. The molecule has 0 unspecified atom stereocenters. The molecule has 4 aromatic carbocycles. The number of hydrogen-bond donors (Lipinski definition) is 0. The topological polar surface area (TPSA) is 13.1 Å². The van der Waals surface area contributed by atoms with Crippen LogP contribution in [0.15, 0.2) is 89.3 Å². The molecule has 1 nitrogen and oxygen atoms in total. The molecule has 1 heterocycles. The van der Waals surface area contributed by atoms with Gasteiger partial charge in [0.1, 0.15) is 11.2 Å². The quantitative estimate of drug-likeness (QED) is 0.275. The zero-order chi connectivity index (χ0) is 20.4. The first kappa shape index (κ1) is 17.4. The number of para-hydroxylation sites is 1. The predicted octanol–water partition coefficient (Wildman–Crippen LogP) is 8.48. The van der Waals surface area contributed by atoms with E-state index in [1.165, 1.54) is 65.1 Å². The van der Waals surface area contributed by atoms with Crippen molar-refractivity contribution in [2.45, 2.75) is 37.5 Å². The Hall–Kier alpha value is -3.32. The maximum absolute atomic E-state index is 6.15. The van der Waals surface area contributed by atoms with Crippen molar-refractivity contribution in [3.05, 3.63) is 96.1 Å². The minimum absolute atomic E-state index is 0.228. The molecule has 0 saturated heterocycles. The van der Waals surface area contributed by atoms with Gasteiger partial charge in [-0.15, -0.1) is 0 Å². The van der Waals surface area contributed by atoms with Crippen LogP contribution in [0.2, 0.25) is 0 Å². The maximum atomic E-state index is 6.15. The van der Waals surface area contributed by atoms with Gasteiger partial charge in [0.05, 0.1) is 0 Å². The Balaban J connectivity index is 1.41. The molecule has 1 saturated carbocycles. The zero-order valence-electron chi connectivity index (χ0n) is 17.5. The smallest absolute Gasteiger partial charge is 0.136 e. The van der Waals surface area contributed by atoms with Crippen molar-refractivity contribution in [2.75, 3.05) is 0 Å². The molecule has 0 atom stereocenters. The molecule has 5 aromatic rings. The molecule has 1 spiro atoms. The van der Waals surface area contributed by atoms with Gasteiger partial charge in [-0.05, 0) is 70.5 Å². The van der Waals surface area contributed by atoms with Crippen molar-refractivity contribution < 1.29 is 4.42 Å². The summed E-state index contributed by atoms with van der Waals surface area (Å²) in [7, 11) is 0. The van der Waals surface area contributed by atoms with Gasteiger partial charge in [-0.1, -0.05) is 79.9 Å². The van der Waals surface area contributed by atoms with Crippen LogP contribution in [0.1, 0.15) is 43.2 Å². The largest absolute Gasteiger partial charge is 0.456 e. The third-order valence-electron chi connectivity index (χ3n) is 7.69. The number of hydrogen-bond acceptors (Lipinski definition) is 1. The lowest BCUT2D eigenvalue weighted by atomic mass is 9.68. The fourth-order valence-electron chi connectivity index (χ4n) is 6.24. The lowest BCUT2D eigenvalue weighted by Crippen LogP contribution is -2.27. The Morgan fingerprint density at radius 3 is 2.19 bits per heavy atom. The van der Waals surface area contributed by atoms with E-state index in [4.69, 9.17) is 4.42 Å². The second kappa shape index (κ2) is 6.34. The van der Waals surface area contributed by atoms with Crippen LogP contribution in [0, 0.1) is 0 Å². The van der Waals surface area contributed by atoms with Gasteiger partial charge in [0, 0.05) is 16.2 Å². The van der Waals surface area contributed by atoms with E-state index in [1.807, 2.05) is 12.1 Å². The van der Waals surface area contributed by atoms with Crippen LogP contribution >= 0.6 is 0 Å². The average molecular weight is 401 g/mol. The first-order chi connectivity index (χ1) is 15.3. The van der Waals surface area contributed by atoms with Crippen molar-refractivity contribution >= 4 is 21.9 Å². The van der Waals surface area contributed by atoms with Crippen LogP contribution in [0.5, 0.6) is 0 Å². The molecule has 1 heteroatoms. The van der Waals surface area contributed by atoms with Gasteiger partial charge < -0.3 is 4.42 Å². The Bertz CT molecular complexity index is 1460. The van der Waals surface area contributed by atoms with E-state index in [9.17, 15) is 0 Å². The minimum Gasteiger partial charge on any atom is -0.456 e. The Morgan fingerprint density at radius 2 is 1.26 bits per heavy atom. The van der Waals surface area contributed by atoms with E-state index in [0.717, 1.165) is 11.2 Å². The molecule has 1 fully saturated rings. The Morgan fingerprint density at radius 1 is 0.548 bits per heavy atom. The summed E-state index contributed by atoms with van der Waals surface area (Å²) in [4.78, 5) is 0. The van der Waals surface area contributed by atoms with Gasteiger partial charge >= 0.3 is 0 Å². The van der Waals surface area contributed by atoms with E-state index in [1.54, 1.807) is 11.1 Å². The SMILES string of the molecule is c1ccc2c(c1)-c1cc(-c3ccc4c(c3)oc3ccccc34)ccc1C21CCCCC1. The fourth-order valence-corrected chi connectivity index (χ4v) is 6.24. The molecular formula is C30H24O. The summed E-state index contributed by atoms with van der Waals surface area (Å²) in [5.74, 6) is 0. The lowest BCUT2D eigenvalue weighted by Gasteiger charge is -2.36. The summed E-state index contributed by atoms with van der Waals surface area (Å²) >= 11 is 0. The van der Waals surface area contributed by atoms with Gasteiger partial charge in [0.2, 0.25) is 0 Å². The second-order valence-corrected chi connectivity index (χ2v) is 9.26. The summed E-state index contributed by atoms with van der Waals surface area (Å²) in [5, 5.41) is 2.37. The van der Waals surface area contributed by atoms with Crippen LogP contribution in [-0.4, -0.2) is 0 Å². The van der Waals surface area contributed by atoms with Crippen LogP contribution < -0.4 is 0 Å². The molecule has 0 bridgehead atoms. The van der Waals surface area contributed by atoms with Gasteiger partial charge in [-0.2, -0.15) is 0 Å². The average Bonchev–Trinajstić information content (AvgIpc) is 3.33. The molecule has 150 valence electrons. The summed E-state index contributed by atoms with van der Waals surface area (Å²) in [6.07, 6.45) is 6.59. The molecule has 0 radical (unpaired) electrons. The van der Waals surface area contributed by atoms with Crippen molar-refractivity contribution in [1.82, 2.24) is 0 Å². The molecule has 1 aromatic heterocycles. The Kier molecular flexibility index (Phi) is 3.55. The minimum atomic E-state index is 0.228. The molecule has 0 aliphatic heterocycles. The molecular weight excluding hydrogens is 376 g/mol. The lowest BCUT2D eigenvalue weighted by molar-refractivity contribution is 0.353. The van der Waals surface area contributed by atoms with E-state index < -0.39 is 0 Å². The van der Waals surface area contributed by atoms with Gasteiger partial charge in [0.25, 0.3) is 0 Å². The van der Waals surface area contributed by atoms with Crippen LogP contribution in [-0.2, 0) is 5.41 Å². The van der Waals surface area contributed by atoms with Gasteiger partial charge in [-0.3, -0.25) is 0 Å². The highest BCUT2D eigenvalue weighted by molar-refractivity contribution is 6.06.